The first-order valence-electron chi connectivity index (χ1n) is 35.1. The number of hydrogen-bond acceptors (Lipinski definition) is 15. The van der Waals surface area contributed by atoms with E-state index in [-0.39, 0.29) is 5.54 Å². The van der Waals surface area contributed by atoms with Gasteiger partial charge in [-0.05, 0) is 243 Å². The lowest BCUT2D eigenvalue weighted by Gasteiger charge is -2.46. The van der Waals surface area contributed by atoms with Crippen LogP contribution in [-0.4, -0.2) is 150 Å². The van der Waals surface area contributed by atoms with Crippen molar-refractivity contribution in [2.45, 2.75) is 214 Å². The van der Waals surface area contributed by atoms with Crippen molar-refractivity contribution in [2.24, 2.45) is 65.1 Å². The first-order chi connectivity index (χ1) is 42.1. The van der Waals surface area contributed by atoms with Gasteiger partial charge in [0.1, 0.15) is 0 Å². The Morgan fingerprint density at radius 1 is 0.315 bits per heavy atom. The molecule has 0 aromatic heterocycles. The fourth-order valence-corrected chi connectivity index (χ4v) is 44.8. The second kappa shape index (κ2) is 34.4. The second-order valence-electron chi connectivity index (χ2n) is 28.5. The Bertz CT molecular complexity index is 2240. The highest BCUT2D eigenvalue weighted by Gasteiger charge is 2.65. The van der Waals surface area contributed by atoms with Crippen molar-refractivity contribution in [1.82, 2.24) is 0 Å². The van der Waals surface area contributed by atoms with Gasteiger partial charge >= 0.3 is 52.3 Å². The summed E-state index contributed by atoms with van der Waals surface area (Å²) in [5.41, 5.74) is 2.75. The first-order valence-corrected chi connectivity index (χ1v) is 54.3. The fraction of sp³-hybridized carbons (Fsp3) is 0.848. The molecule has 514 valence electrons. The minimum Gasteiger partial charge on any atom is -0.417 e. The van der Waals surface area contributed by atoms with E-state index in [0.29, 0.717) is 91.8 Å². The van der Waals surface area contributed by atoms with Gasteiger partial charge in [-0.15, -0.1) is 0 Å². The van der Waals surface area contributed by atoms with Crippen LogP contribution in [0.2, 0.25) is 86.6 Å². The quantitative estimate of drug-likeness (QED) is 0.0466. The molecule has 17 unspecified atom stereocenters. The maximum Gasteiger partial charge on any atom is 0.505 e. The van der Waals surface area contributed by atoms with Crippen molar-refractivity contribution in [3.05, 3.63) is 60.8 Å². The Labute approximate surface area is 551 Å². The molecule has 15 nitrogen and oxygen atoms in total. The van der Waals surface area contributed by atoms with E-state index in [1.807, 2.05) is 61.2 Å². The molecule has 0 aromatic carbocycles. The average molecular weight is 1390 g/mol. The van der Waals surface area contributed by atoms with Gasteiger partial charge < -0.3 is 65.5 Å². The molecule has 0 aromatic rings. The zero-order chi connectivity index (χ0) is 65.6. The third-order valence-electron chi connectivity index (χ3n) is 20.7. The minimum atomic E-state index is -3.13. The van der Waals surface area contributed by atoms with E-state index in [1.54, 1.807) is 21.3 Å². The maximum atomic E-state index is 6.83. The highest BCUT2D eigenvalue weighted by Crippen LogP contribution is 2.58. The number of hydrogen-bond donors (Lipinski definition) is 0. The molecule has 0 saturated heterocycles. The van der Waals surface area contributed by atoms with Gasteiger partial charge in [0.15, 0.2) is 16.6 Å². The van der Waals surface area contributed by atoms with E-state index < -0.39 is 69.0 Å². The van der Waals surface area contributed by atoms with Crippen LogP contribution >= 0.6 is 0 Å². The van der Waals surface area contributed by atoms with E-state index in [1.165, 1.54) is 44.9 Å². The summed E-state index contributed by atoms with van der Waals surface area (Å²) in [5.74, 6) is 7.62. The molecule has 0 heterocycles. The van der Waals surface area contributed by atoms with Crippen molar-refractivity contribution < 1.29 is 65.5 Å². The first kappa shape index (κ1) is 77.8. The van der Waals surface area contributed by atoms with E-state index in [4.69, 9.17) is 65.5 Å². The van der Waals surface area contributed by atoms with Crippen molar-refractivity contribution in [1.29, 1.82) is 0 Å². The number of rotatable bonds is 32. The normalized spacial score (nSPS) is 32.5. The smallest absolute Gasteiger partial charge is 0.417 e. The largest absolute Gasteiger partial charge is 0.505 e. The van der Waals surface area contributed by atoms with Gasteiger partial charge in [0, 0.05) is 110 Å². The summed E-state index contributed by atoms with van der Waals surface area (Å²) in [4.78, 5) is 0. The predicted octanol–water partition coefficient (Wildman–Crippen LogP) is 16.5. The Morgan fingerprint density at radius 2 is 0.663 bits per heavy atom. The molecule has 89 heavy (non-hydrogen) atoms. The summed E-state index contributed by atoms with van der Waals surface area (Å²) in [6, 6.07) is 0. The lowest BCUT2D eigenvalue weighted by atomic mass is 9.95. The molecule has 10 bridgehead atoms. The fourth-order valence-electron chi connectivity index (χ4n) is 16.9. The topological polar surface area (TPSA) is 138 Å². The van der Waals surface area contributed by atoms with Crippen LogP contribution in [0.3, 0.4) is 0 Å². The summed E-state index contributed by atoms with van der Waals surface area (Å²) < 4.78 is 91.6. The molecule has 0 aliphatic heterocycles. The van der Waals surface area contributed by atoms with Crippen LogP contribution in [0.4, 0.5) is 0 Å². The van der Waals surface area contributed by atoms with Crippen LogP contribution in [0.1, 0.15) is 127 Å². The third kappa shape index (κ3) is 19.6. The Hall–Kier alpha value is -0.165. The van der Waals surface area contributed by atoms with Crippen LogP contribution in [0, 0.1) is 65.1 Å². The van der Waals surface area contributed by atoms with E-state index in [0.717, 1.165) is 67.8 Å². The highest BCUT2D eigenvalue weighted by molar-refractivity contribution is 6.88. The van der Waals surface area contributed by atoms with Gasteiger partial charge in [-0.25, -0.2) is 0 Å². The van der Waals surface area contributed by atoms with Crippen molar-refractivity contribution in [3.8, 4) is 0 Å². The lowest BCUT2D eigenvalue weighted by Crippen LogP contribution is -2.66. The summed E-state index contributed by atoms with van der Waals surface area (Å²) in [6.45, 7) is 47.0. The standard InChI is InChI=1S/C16H36O6Si4.C14H26O3Si.C13H24O3Si.C12H22O2Si.C11H20OSi/c1-17-24(7,8)21-26(20-23(4,5)6,22-25(9,18-2)19-3)16-13-14-10-11-15(16)12-14;1-5-15-18(16-6-2,17-7-3)14-11(4)12-8-9-13(14)10-12;1-4-14-17(15-5-2,16-6-3)13-10-11-7-8-12(13)9-11;1-4-13-15(3,14-5-2)12-9-10-6-7-11(12)8-10;1-4-12-13(2,3)11-8-9-5-6-10(11)7-9/h10-11,14-16H,12-13H2,1-9H3;8-9,11-14H,5-7,10H2,1-4H3;7-8,11-13H,4-6,9-10H2,1-3H3;6-7,10-12H,4-5,8-9H2,1-3H3;5-6,9-11H,4,7-8H2,1-3H3. The molecule has 17 atom stereocenters. The third-order valence-corrected chi connectivity index (χ3v) is 48.8. The molecule has 0 amide bonds. The Balaban J connectivity index is 0.000000181. The number of fused-ring (bicyclic) bond motifs is 10. The molecule has 0 N–H and O–H groups in total. The molecule has 0 spiro atoms. The van der Waals surface area contributed by atoms with Crippen molar-refractivity contribution in [2.75, 3.05) is 80.8 Å². The minimum absolute atomic E-state index is 0.239. The maximum absolute atomic E-state index is 6.83. The monoisotopic (exact) mass is 1380 g/mol. The van der Waals surface area contributed by atoms with Gasteiger partial charge in [0.05, 0.1) is 0 Å². The molecule has 10 rings (SSSR count). The zero-order valence-corrected chi connectivity index (χ0v) is 67.9. The zero-order valence-electron chi connectivity index (χ0n) is 59.9. The summed E-state index contributed by atoms with van der Waals surface area (Å²) in [6.07, 6.45) is 35.1. The molecule has 0 radical (unpaired) electrons. The van der Waals surface area contributed by atoms with Crippen molar-refractivity contribution >= 4 is 69.0 Å². The Kier molecular flexibility index (Phi) is 30.1. The van der Waals surface area contributed by atoms with Crippen LogP contribution in [0.15, 0.2) is 60.8 Å². The van der Waals surface area contributed by atoms with E-state index in [2.05, 4.69) is 128 Å². The summed E-state index contributed by atoms with van der Waals surface area (Å²) >= 11 is 0. The van der Waals surface area contributed by atoms with Crippen LogP contribution < -0.4 is 0 Å². The van der Waals surface area contributed by atoms with Crippen LogP contribution in [-0.2, 0) is 65.5 Å². The summed E-state index contributed by atoms with van der Waals surface area (Å²) in [5, 5.41) is 0. The molecule has 10 aliphatic rings. The lowest BCUT2D eigenvalue weighted by molar-refractivity contribution is 0.0524. The SMILES string of the molecule is CCO[Si](C)(C)C1CC2C=CC1C2.CCO[Si](C)(OCC)C1CC2C=CC1C2.CCO[Si](OCC)(OCC)C1C2C=CC(C2)C1C.CCO[Si](OCC)(OCC)C1CC2C=CC1C2.CO[Si](C)(C)O[Si](O[Si](C)(C)C)(O[Si](C)(OC)OC)C1CC2C=CC1C2. The van der Waals surface area contributed by atoms with Crippen LogP contribution in [0.25, 0.3) is 0 Å². The second-order valence-corrected chi connectivity index (χ2v) is 56.0. The Morgan fingerprint density at radius 3 is 0.978 bits per heavy atom. The van der Waals surface area contributed by atoms with Gasteiger partial charge in [-0.1, -0.05) is 67.7 Å². The van der Waals surface area contributed by atoms with Crippen LogP contribution in [0.5, 0.6) is 0 Å². The molecule has 23 heteroatoms. The predicted molar refractivity (Wildman–Crippen MR) is 378 cm³/mol. The van der Waals surface area contributed by atoms with Gasteiger partial charge in [0.25, 0.3) is 0 Å². The molecular weight excluding hydrogens is 1260 g/mol. The van der Waals surface area contributed by atoms with Gasteiger partial charge in [-0.3, -0.25) is 0 Å². The number of allylic oxidation sites excluding steroid dienone is 10. The molecular formula is C66H128O15Si8. The van der Waals surface area contributed by atoms with E-state index in [9.17, 15) is 0 Å². The highest BCUT2D eigenvalue weighted by atomic mass is 28.5. The average Bonchev–Trinajstić information content (AvgIpc) is 1.79. The molecule has 5 saturated carbocycles. The van der Waals surface area contributed by atoms with Gasteiger partial charge in [0.2, 0.25) is 0 Å². The van der Waals surface area contributed by atoms with Gasteiger partial charge in [-0.2, -0.15) is 0 Å². The molecule has 5 fully saturated rings. The van der Waals surface area contributed by atoms with E-state index >= 15 is 0 Å². The molecule has 10 aliphatic carbocycles. The van der Waals surface area contributed by atoms with Crippen molar-refractivity contribution in [3.63, 3.8) is 0 Å². The summed E-state index contributed by atoms with van der Waals surface area (Å²) in [7, 11) is -13.7.